The predicted octanol–water partition coefficient (Wildman–Crippen LogP) is 4.32. The van der Waals surface area contributed by atoms with E-state index in [0.717, 1.165) is 5.06 Å². The summed E-state index contributed by atoms with van der Waals surface area (Å²) in [6.45, 7) is 12.4. The SMILES string of the molecule is CON(C)C(=O)[C@H](CCO[Si](c1ccccc1)(c1ccccc1)C(C)(C)C)CC(=O)OC(C)(C)C. The molecular weight excluding hydrogens is 458 g/mol. The van der Waals surface area contributed by atoms with Gasteiger partial charge in [-0.1, -0.05) is 81.4 Å². The Morgan fingerprint density at radius 1 is 0.886 bits per heavy atom. The van der Waals surface area contributed by atoms with Crippen LogP contribution in [-0.2, 0) is 23.6 Å². The standard InChI is InChI=1S/C28H41NO5Si/c1-27(2,3)34-25(30)21-22(26(31)29(7)32-8)19-20-33-35(28(4,5)6,23-15-11-9-12-16-23)24-17-13-10-14-18-24/h9-18,22H,19-21H2,1-8H3/t22-/m1/s1. The normalized spacial score (nSPS) is 13.3. The number of benzene rings is 2. The van der Waals surface area contributed by atoms with Crippen molar-refractivity contribution < 1.29 is 23.6 Å². The van der Waals surface area contributed by atoms with Crippen molar-refractivity contribution in [3.8, 4) is 0 Å². The highest BCUT2D eigenvalue weighted by atomic mass is 28.4. The summed E-state index contributed by atoms with van der Waals surface area (Å²) in [5.74, 6) is -1.30. The number of rotatable bonds is 10. The highest BCUT2D eigenvalue weighted by Crippen LogP contribution is 2.37. The Morgan fingerprint density at radius 2 is 1.37 bits per heavy atom. The topological polar surface area (TPSA) is 65.1 Å². The van der Waals surface area contributed by atoms with Gasteiger partial charge in [0.2, 0.25) is 5.91 Å². The second-order valence-corrected chi connectivity index (χ2v) is 15.1. The van der Waals surface area contributed by atoms with Crippen molar-refractivity contribution in [3.05, 3.63) is 60.7 Å². The molecule has 0 radical (unpaired) electrons. The lowest BCUT2D eigenvalue weighted by molar-refractivity contribution is -0.177. The quantitative estimate of drug-likeness (QED) is 0.277. The maximum absolute atomic E-state index is 13.0. The number of esters is 1. The fourth-order valence-electron chi connectivity index (χ4n) is 4.36. The van der Waals surface area contributed by atoms with Crippen molar-refractivity contribution >= 4 is 30.6 Å². The van der Waals surface area contributed by atoms with Crippen LogP contribution in [0.15, 0.2) is 60.7 Å². The van der Waals surface area contributed by atoms with Gasteiger partial charge in [0, 0.05) is 13.7 Å². The van der Waals surface area contributed by atoms with E-state index in [2.05, 4.69) is 45.0 Å². The Morgan fingerprint density at radius 3 is 1.77 bits per heavy atom. The average molecular weight is 500 g/mol. The minimum absolute atomic E-state index is 0.0338. The molecular formula is C28H41NO5Si. The molecule has 0 aliphatic rings. The Labute approximate surface area is 211 Å². The third-order valence-corrected chi connectivity index (χ3v) is 11.0. The van der Waals surface area contributed by atoms with Gasteiger partial charge < -0.3 is 9.16 Å². The van der Waals surface area contributed by atoms with Gasteiger partial charge in [-0.3, -0.25) is 14.4 Å². The van der Waals surface area contributed by atoms with E-state index in [1.165, 1.54) is 17.5 Å². The monoisotopic (exact) mass is 499 g/mol. The summed E-state index contributed by atoms with van der Waals surface area (Å²) in [6, 6.07) is 20.7. The number of amides is 1. The summed E-state index contributed by atoms with van der Waals surface area (Å²) < 4.78 is 12.4. The highest BCUT2D eigenvalue weighted by molar-refractivity contribution is 6.99. The van der Waals surface area contributed by atoms with E-state index in [1.54, 1.807) is 7.05 Å². The molecule has 0 unspecified atom stereocenters. The van der Waals surface area contributed by atoms with E-state index in [9.17, 15) is 9.59 Å². The summed E-state index contributed by atoms with van der Waals surface area (Å²) in [7, 11) is 0.244. The van der Waals surface area contributed by atoms with Crippen LogP contribution >= 0.6 is 0 Å². The summed E-state index contributed by atoms with van der Waals surface area (Å²) in [5.41, 5.74) is -0.622. The zero-order valence-electron chi connectivity index (χ0n) is 22.5. The first kappa shape index (κ1) is 28.8. The van der Waals surface area contributed by atoms with Gasteiger partial charge in [-0.05, 0) is 42.6 Å². The van der Waals surface area contributed by atoms with Crippen LogP contribution in [0.4, 0.5) is 0 Å². The van der Waals surface area contributed by atoms with Crippen LogP contribution in [0, 0.1) is 5.92 Å². The van der Waals surface area contributed by atoms with Crippen molar-refractivity contribution in [1.82, 2.24) is 5.06 Å². The second kappa shape index (κ2) is 12.0. The van der Waals surface area contributed by atoms with Gasteiger partial charge >= 0.3 is 5.97 Å². The van der Waals surface area contributed by atoms with E-state index in [1.807, 2.05) is 57.2 Å². The zero-order chi connectivity index (χ0) is 26.3. The van der Waals surface area contributed by atoms with Gasteiger partial charge in [-0.15, -0.1) is 0 Å². The molecule has 0 aromatic heterocycles. The van der Waals surface area contributed by atoms with E-state index in [4.69, 9.17) is 14.0 Å². The minimum atomic E-state index is -2.74. The maximum atomic E-state index is 13.0. The maximum Gasteiger partial charge on any atom is 0.307 e. The first-order valence-corrected chi connectivity index (χ1v) is 14.0. The Bertz CT molecular complexity index is 911. The number of hydroxylamine groups is 2. The molecule has 2 rings (SSSR count). The number of hydrogen-bond acceptors (Lipinski definition) is 5. The number of nitrogens with zero attached hydrogens (tertiary/aromatic N) is 1. The van der Waals surface area contributed by atoms with E-state index < -0.39 is 25.8 Å². The average Bonchev–Trinajstić information content (AvgIpc) is 2.79. The molecule has 0 bridgehead atoms. The van der Waals surface area contributed by atoms with E-state index >= 15 is 0 Å². The Hall–Kier alpha value is -2.48. The third-order valence-electron chi connectivity index (χ3n) is 5.97. The molecule has 0 aliphatic carbocycles. The molecule has 0 saturated carbocycles. The minimum Gasteiger partial charge on any atom is -0.460 e. The molecule has 1 atom stereocenters. The molecule has 0 fully saturated rings. The molecule has 1 amide bonds. The van der Waals surface area contributed by atoms with Crippen LogP contribution in [0.25, 0.3) is 0 Å². The zero-order valence-corrected chi connectivity index (χ0v) is 23.5. The van der Waals surface area contributed by atoms with Gasteiger partial charge in [-0.25, -0.2) is 5.06 Å². The Balaban J connectivity index is 2.37. The molecule has 2 aromatic rings. The highest BCUT2D eigenvalue weighted by Gasteiger charge is 2.50. The fraction of sp³-hybridized carbons (Fsp3) is 0.500. The van der Waals surface area contributed by atoms with Crippen molar-refractivity contribution in [2.24, 2.45) is 5.92 Å². The lowest BCUT2D eigenvalue weighted by Gasteiger charge is -2.43. The van der Waals surface area contributed by atoms with E-state index in [0.29, 0.717) is 13.0 Å². The smallest absolute Gasteiger partial charge is 0.307 e. The number of carbonyl (C=O) groups excluding carboxylic acids is 2. The van der Waals surface area contributed by atoms with Gasteiger partial charge in [0.15, 0.2) is 0 Å². The number of hydrogen-bond donors (Lipinski definition) is 0. The van der Waals surface area contributed by atoms with E-state index in [-0.39, 0.29) is 17.4 Å². The predicted molar refractivity (Wildman–Crippen MR) is 142 cm³/mol. The van der Waals surface area contributed by atoms with Crippen LogP contribution in [0.1, 0.15) is 54.4 Å². The molecule has 0 N–H and O–H groups in total. The van der Waals surface area contributed by atoms with Crippen molar-refractivity contribution in [3.63, 3.8) is 0 Å². The second-order valence-electron chi connectivity index (χ2n) is 10.8. The molecule has 2 aromatic carbocycles. The van der Waals surface area contributed by atoms with Gasteiger partial charge in [0.25, 0.3) is 8.32 Å². The molecule has 0 spiro atoms. The van der Waals surface area contributed by atoms with Crippen molar-refractivity contribution in [2.75, 3.05) is 20.8 Å². The van der Waals surface area contributed by atoms with Crippen molar-refractivity contribution in [2.45, 2.75) is 65.0 Å². The molecule has 0 heterocycles. The summed E-state index contributed by atoms with van der Waals surface area (Å²) in [4.78, 5) is 30.7. The van der Waals surface area contributed by atoms with Crippen LogP contribution in [-0.4, -0.2) is 51.6 Å². The van der Waals surface area contributed by atoms with Gasteiger partial charge in [0.1, 0.15) is 5.60 Å². The van der Waals surface area contributed by atoms with Crippen LogP contribution in [0.5, 0.6) is 0 Å². The van der Waals surface area contributed by atoms with Crippen LogP contribution in [0.3, 0.4) is 0 Å². The molecule has 192 valence electrons. The first-order valence-electron chi connectivity index (χ1n) is 12.1. The number of ether oxygens (including phenoxy) is 1. The largest absolute Gasteiger partial charge is 0.460 e. The Kier molecular flexibility index (Phi) is 9.83. The number of carbonyl (C=O) groups is 2. The van der Waals surface area contributed by atoms with Crippen molar-refractivity contribution in [1.29, 1.82) is 0 Å². The lowest BCUT2D eigenvalue weighted by Crippen LogP contribution is -2.66. The fourth-order valence-corrected chi connectivity index (χ4v) is 8.94. The lowest BCUT2D eigenvalue weighted by atomic mass is 10.0. The molecule has 7 heteroatoms. The van der Waals surface area contributed by atoms with Gasteiger partial charge in [-0.2, -0.15) is 0 Å². The van der Waals surface area contributed by atoms with Crippen LogP contribution in [0.2, 0.25) is 5.04 Å². The van der Waals surface area contributed by atoms with Gasteiger partial charge in [0.05, 0.1) is 19.4 Å². The van der Waals surface area contributed by atoms with Crippen LogP contribution < -0.4 is 10.4 Å². The summed E-state index contributed by atoms with van der Waals surface area (Å²) in [6.07, 6.45) is 0.337. The first-order chi connectivity index (χ1) is 16.3. The third kappa shape index (κ3) is 7.50. The summed E-state index contributed by atoms with van der Waals surface area (Å²) >= 11 is 0. The summed E-state index contributed by atoms with van der Waals surface area (Å²) in [5, 5.41) is 3.33. The molecule has 35 heavy (non-hydrogen) atoms. The molecule has 0 saturated heterocycles. The molecule has 0 aliphatic heterocycles. The molecule has 6 nitrogen and oxygen atoms in total.